The van der Waals surface area contributed by atoms with Crippen molar-refractivity contribution in [2.45, 2.75) is 33.1 Å². The quantitative estimate of drug-likeness (QED) is 0.879. The summed E-state index contributed by atoms with van der Waals surface area (Å²) in [5, 5.41) is 17.2. The molecule has 102 valence electrons. The van der Waals surface area contributed by atoms with Crippen LogP contribution in [0.25, 0.3) is 11.4 Å². The molecule has 0 aliphatic rings. The van der Waals surface area contributed by atoms with Gasteiger partial charge in [-0.05, 0) is 24.3 Å². The van der Waals surface area contributed by atoms with E-state index in [-0.39, 0.29) is 6.42 Å². The van der Waals surface area contributed by atoms with Gasteiger partial charge in [-0.3, -0.25) is 4.79 Å². The van der Waals surface area contributed by atoms with Gasteiger partial charge in [-0.1, -0.05) is 19.0 Å². The van der Waals surface area contributed by atoms with E-state index in [0.717, 1.165) is 5.56 Å². The Labute approximate surface area is 115 Å². The first-order chi connectivity index (χ1) is 9.11. The summed E-state index contributed by atoms with van der Waals surface area (Å²) in [5.41, 5.74) is 0.0762. The molecule has 2 heterocycles. The monoisotopic (exact) mass is 280 g/mol. The first kappa shape index (κ1) is 13.7. The topological polar surface area (TPSA) is 76.2 Å². The number of aliphatic carboxylic acids is 1. The standard InChI is InChI=1S/C13H16N2O3S/c1-3-13(4-2,12(16)17)7-10-14-11(15-18-10)9-5-6-19-8-9/h5-6,8H,3-4,7H2,1-2H3,(H,16,17). The van der Waals surface area contributed by atoms with Crippen LogP contribution < -0.4 is 0 Å². The largest absolute Gasteiger partial charge is 0.481 e. The fourth-order valence-corrected chi connectivity index (χ4v) is 2.64. The molecule has 2 rings (SSSR count). The van der Waals surface area contributed by atoms with E-state index in [2.05, 4.69) is 10.1 Å². The Hall–Kier alpha value is -1.69. The summed E-state index contributed by atoms with van der Waals surface area (Å²) in [6.45, 7) is 3.74. The average molecular weight is 280 g/mol. The highest BCUT2D eigenvalue weighted by atomic mass is 32.1. The highest BCUT2D eigenvalue weighted by Gasteiger charge is 2.37. The minimum Gasteiger partial charge on any atom is -0.481 e. The number of aromatic nitrogens is 2. The number of thiophene rings is 1. The molecule has 0 spiro atoms. The van der Waals surface area contributed by atoms with Crippen molar-refractivity contribution < 1.29 is 14.4 Å². The Bertz CT molecular complexity index is 544. The molecule has 6 heteroatoms. The minimum atomic E-state index is -0.821. The van der Waals surface area contributed by atoms with Crippen molar-refractivity contribution in [1.29, 1.82) is 0 Å². The van der Waals surface area contributed by atoms with Crippen molar-refractivity contribution in [2.75, 3.05) is 0 Å². The van der Waals surface area contributed by atoms with Crippen molar-refractivity contribution in [1.82, 2.24) is 10.1 Å². The summed E-state index contributed by atoms with van der Waals surface area (Å²) in [7, 11) is 0. The van der Waals surface area contributed by atoms with Crippen LogP contribution in [-0.2, 0) is 11.2 Å². The van der Waals surface area contributed by atoms with Crippen molar-refractivity contribution in [3.63, 3.8) is 0 Å². The van der Waals surface area contributed by atoms with Gasteiger partial charge in [-0.25, -0.2) is 0 Å². The van der Waals surface area contributed by atoms with E-state index < -0.39 is 11.4 Å². The second kappa shape index (κ2) is 5.52. The molecule has 5 nitrogen and oxygen atoms in total. The number of carbonyl (C=O) groups is 1. The fourth-order valence-electron chi connectivity index (χ4n) is 2.00. The summed E-state index contributed by atoms with van der Waals surface area (Å²) in [5.74, 6) is 0.0860. The maximum absolute atomic E-state index is 11.4. The minimum absolute atomic E-state index is 0.270. The SMILES string of the molecule is CCC(CC)(Cc1nc(-c2ccsc2)no1)C(=O)O. The van der Waals surface area contributed by atoms with Crippen molar-refractivity contribution in [3.05, 3.63) is 22.7 Å². The molecule has 0 aliphatic carbocycles. The van der Waals surface area contributed by atoms with E-state index in [1.165, 1.54) is 0 Å². The van der Waals surface area contributed by atoms with Crippen LogP contribution >= 0.6 is 11.3 Å². The third-order valence-electron chi connectivity index (χ3n) is 3.54. The molecule has 19 heavy (non-hydrogen) atoms. The molecular weight excluding hydrogens is 264 g/mol. The predicted octanol–water partition coefficient (Wildman–Crippen LogP) is 3.23. The highest BCUT2D eigenvalue weighted by molar-refractivity contribution is 7.08. The van der Waals surface area contributed by atoms with Crippen LogP contribution in [0.15, 0.2) is 21.3 Å². The number of hydrogen-bond donors (Lipinski definition) is 1. The molecule has 0 amide bonds. The molecule has 2 aromatic rings. The number of carboxylic acids is 1. The second-order valence-electron chi connectivity index (χ2n) is 4.49. The zero-order valence-corrected chi connectivity index (χ0v) is 11.7. The Morgan fingerprint density at radius 1 is 1.47 bits per heavy atom. The lowest BCUT2D eigenvalue weighted by atomic mass is 9.79. The van der Waals surface area contributed by atoms with Crippen LogP contribution in [0.4, 0.5) is 0 Å². The summed E-state index contributed by atoms with van der Waals surface area (Å²) in [4.78, 5) is 15.7. The van der Waals surface area contributed by atoms with Gasteiger partial charge in [0.1, 0.15) is 0 Å². The van der Waals surface area contributed by atoms with E-state index in [4.69, 9.17) is 4.52 Å². The molecule has 0 bridgehead atoms. The van der Waals surface area contributed by atoms with Gasteiger partial charge in [0.25, 0.3) is 0 Å². The summed E-state index contributed by atoms with van der Waals surface area (Å²) in [6.07, 6.45) is 1.34. The first-order valence-corrected chi connectivity index (χ1v) is 7.14. The van der Waals surface area contributed by atoms with Crippen molar-refractivity contribution >= 4 is 17.3 Å². The first-order valence-electron chi connectivity index (χ1n) is 6.20. The van der Waals surface area contributed by atoms with Crippen LogP contribution in [0.3, 0.4) is 0 Å². The van der Waals surface area contributed by atoms with Gasteiger partial charge in [-0.2, -0.15) is 16.3 Å². The molecule has 0 aliphatic heterocycles. The molecule has 2 aromatic heterocycles. The van der Waals surface area contributed by atoms with Crippen LogP contribution in [0.1, 0.15) is 32.6 Å². The van der Waals surface area contributed by atoms with Crippen LogP contribution in [-0.4, -0.2) is 21.2 Å². The Morgan fingerprint density at radius 2 is 2.21 bits per heavy atom. The third kappa shape index (κ3) is 2.68. The maximum Gasteiger partial charge on any atom is 0.310 e. The molecule has 0 fully saturated rings. The average Bonchev–Trinajstić information content (AvgIpc) is 3.06. The van der Waals surface area contributed by atoms with Gasteiger partial charge in [0.05, 0.1) is 5.41 Å². The molecule has 0 unspecified atom stereocenters. The zero-order valence-electron chi connectivity index (χ0n) is 10.9. The summed E-state index contributed by atoms with van der Waals surface area (Å²) >= 11 is 1.55. The number of rotatable bonds is 6. The normalized spacial score (nSPS) is 11.7. The molecule has 1 N–H and O–H groups in total. The lowest BCUT2D eigenvalue weighted by Gasteiger charge is -2.24. The lowest BCUT2D eigenvalue weighted by Crippen LogP contribution is -2.32. The number of carboxylic acid groups (broad SMARTS) is 1. The van der Waals surface area contributed by atoms with Gasteiger partial charge >= 0.3 is 5.97 Å². The lowest BCUT2D eigenvalue weighted by molar-refractivity contribution is -0.149. The summed E-state index contributed by atoms with van der Waals surface area (Å²) in [6, 6.07) is 1.91. The van der Waals surface area contributed by atoms with Gasteiger partial charge < -0.3 is 9.63 Å². The van der Waals surface area contributed by atoms with Crippen molar-refractivity contribution in [2.24, 2.45) is 5.41 Å². The summed E-state index contributed by atoms with van der Waals surface area (Å²) < 4.78 is 5.18. The fraction of sp³-hybridized carbons (Fsp3) is 0.462. The highest BCUT2D eigenvalue weighted by Crippen LogP contribution is 2.31. The smallest absolute Gasteiger partial charge is 0.310 e. The Balaban J connectivity index is 2.22. The molecule has 0 aromatic carbocycles. The van der Waals surface area contributed by atoms with Gasteiger partial charge in [0, 0.05) is 17.4 Å². The maximum atomic E-state index is 11.4. The van der Waals surface area contributed by atoms with E-state index in [0.29, 0.717) is 24.6 Å². The molecule has 0 saturated heterocycles. The van der Waals surface area contributed by atoms with E-state index in [9.17, 15) is 9.90 Å². The van der Waals surface area contributed by atoms with E-state index in [1.54, 1.807) is 11.3 Å². The number of hydrogen-bond acceptors (Lipinski definition) is 5. The van der Waals surface area contributed by atoms with E-state index in [1.807, 2.05) is 30.7 Å². The Kier molecular flexibility index (Phi) is 3.99. The molecular formula is C13H16N2O3S. The van der Waals surface area contributed by atoms with Crippen molar-refractivity contribution in [3.8, 4) is 11.4 Å². The Morgan fingerprint density at radius 3 is 2.74 bits per heavy atom. The van der Waals surface area contributed by atoms with Gasteiger partial charge in [-0.15, -0.1) is 0 Å². The predicted molar refractivity (Wildman–Crippen MR) is 72.0 cm³/mol. The molecule has 0 radical (unpaired) electrons. The second-order valence-corrected chi connectivity index (χ2v) is 5.27. The van der Waals surface area contributed by atoms with Crippen LogP contribution in [0.5, 0.6) is 0 Å². The third-order valence-corrected chi connectivity index (χ3v) is 4.23. The van der Waals surface area contributed by atoms with Crippen LogP contribution in [0, 0.1) is 5.41 Å². The van der Waals surface area contributed by atoms with Gasteiger partial charge in [0.15, 0.2) is 0 Å². The van der Waals surface area contributed by atoms with Crippen LogP contribution in [0.2, 0.25) is 0 Å². The molecule has 0 saturated carbocycles. The number of nitrogens with zero attached hydrogens (tertiary/aromatic N) is 2. The van der Waals surface area contributed by atoms with Gasteiger partial charge in [0.2, 0.25) is 11.7 Å². The van der Waals surface area contributed by atoms with E-state index >= 15 is 0 Å². The zero-order chi connectivity index (χ0) is 13.9. The molecule has 0 atom stereocenters.